The zero-order valence-corrected chi connectivity index (χ0v) is 20.5. The summed E-state index contributed by atoms with van der Waals surface area (Å²) in [5.74, 6) is -0.0261. The van der Waals surface area contributed by atoms with Gasteiger partial charge in [0, 0.05) is 47.8 Å². The van der Waals surface area contributed by atoms with Crippen LogP contribution in [0.25, 0.3) is 11.0 Å². The molecule has 3 aliphatic rings. The highest BCUT2D eigenvalue weighted by atomic mass is 16.5. The highest BCUT2D eigenvalue weighted by Crippen LogP contribution is 2.54. The first-order valence-corrected chi connectivity index (χ1v) is 11.8. The molecule has 178 valence electrons. The fourth-order valence-corrected chi connectivity index (χ4v) is 5.90. The van der Waals surface area contributed by atoms with Crippen molar-refractivity contribution in [3.8, 4) is 0 Å². The number of furan rings is 1. The smallest absolute Gasteiger partial charge is 0.335 e. The van der Waals surface area contributed by atoms with Gasteiger partial charge in [0.25, 0.3) is 0 Å². The molecule has 2 aliphatic carbocycles. The molecule has 1 aliphatic heterocycles. The van der Waals surface area contributed by atoms with Crippen LogP contribution < -0.4 is 0 Å². The Labute approximate surface area is 198 Å². The van der Waals surface area contributed by atoms with Gasteiger partial charge >= 0.3 is 5.97 Å². The molecular weight excluding hydrogens is 432 g/mol. The third-order valence-corrected chi connectivity index (χ3v) is 7.35. The third kappa shape index (κ3) is 3.42. The molecule has 2 aromatic rings. The summed E-state index contributed by atoms with van der Waals surface area (Å²) in [4.78, 5) is 39.2. The molecule has 1 aromatic heterocycles. The number of rotatable bonds is 2. The molecule has 0 bridgehead atoms. The predicted molar refractivity (Wildman–Crippen MR) is 127 cm³/mol. The summed E-state index contributed by atoms with van der Waals surface area (Å²) in [6.07, 6.45) is 1.83. The van der Waals surface area contributed by atoms with Crippen LogP contribution in [0.1, 0.15) is 86.5 Å². The maximum Gasteiger partial charge on any atom is 0.335 e. The molecule has 0 fully saturated rings. The highest BCUT2D eigenvalue weighted by Gasteiger charge is 2.48. The van der Waals surface area contributed by atoms with E-state index < -0.39 is 11.9 Å². The van der Waals surface area contributed by atoms with Gasteiger partial charge in [-0.1, -0.05) is 27.7 Å². The van der Waals surface area contributed by atoms with Crippen molar-refractivity contribution < 1.29 is 28.6 Å². The van der Waals surface area contributed by atoms with Crippen LogP contribution in [0.4, 0.5) is 0 Å². The van der Waals surface area contributed by atoms with Gasteiger partial charge in [0.1, 0.15) is 22.9 Å². The van der Waals surface area contributed by atoms with Gasteiger partial charge in [-0.3, -0.25) is 9.59 Å². The average Bonchev–Trinajstić information content (AvgIpc) is 3.06. The SMILES string of the molecule is Cc1cc2c(C)c(C(=O)O)cc(C3C4=C(CC(C)(C)CC4=O)OC4=C3C(=O)CC(C)(C)C4)c2o1. The van der Waals surface area contributed by atoms with E-state index in [0.29, 0.717) is 76.2 Å². The third-order valence-electron chi connectivity index (χ3n) is 7.35. The number of ketones is 2. The van der Waals surface area contributed by atoms with Crippen molar-refractivity contribution in [2.24, 2.45) is 10.8 Å². The Morgan fingerprint density at radius 3 is 1.94 bits per heavy atom. The van der Waals surface area contributed by atoms with E-state index >= 15 is 0 Å². The van der Waals surface area contributed by atoms with Crippen LogP contribution in [0.5, 0.6) is 0 Å². The summed E-state index contributed by atoms with van der Waals surface area (Å²) in [7, 11) is 0. The number of ether oxygens (including phenoxy) is 1. The molecule has 0 amide bonds. The largest absolute Gasteiger partial charge is 0.478 e. The van der Waals surface area contributed by atoms with Gasteiger partial charge in [-0.15, -0.1) is 0 Å². The van der Waals surface area contributed by atoms with E-state index in [4.69, 9.17) is 9.15 Å². The molecule has 0 radical (unpaired) electrons. The minimum atomic E-state index is -1.05. The first-order valence-electron chi connectivity index (χ1n) is 11.8. The van der Waals surface area contributed by atoms with Gasteiger partial charge in [-0.2, -0.15) is 0 Å². The molecule has 6 heteroatoms. The minimum Gasteiger partial charge on any atom is -0.478 e. The molecule has 5 rings (SSSR count). The lowest BCUT2D eigenvalue weighted by Crippen LogP contribution is -2.37. The van der Waals surface area contributed by atoms with Crippen LogP contribution >= 0.6 is 0 Å². The summed E-state index contributed by atoms with van der Waals surface area (Å²) >= 11 is 0. The molecule has 1 N–H and O–H groups in total. The van der Waals surface area contributed by atoms with Crippen LogP contribution in [0, 0.1) is 24.7 Å². The fourth-order valence-electron chi connectivity index (χ4n) is 5.90. The maximum absolute atomic E-state index is 13.5. The van der Waals surface area contributed by atoms with E-state index in [1.807, 2.05) is 40.7 Å². The van der Waals surface area contributed by atoms with Crippen LogP contribution in [-0.4, -0.2) is 22.6 Å². The molecule has 0 unspecified atom stereocenters. The average molecular weight is 463 g/mol. The summed E-state index contributed by atoms with van der Waals surface area (Å²) in [6.45, 7) is 11.7. The number of hydrogen-bond acceptors (Lipinski definition) is 5. The quantitative estimate of drug-likeness (QED) is 0.575. The Morgan fingerprint density at radius 2 is 1.44 bits per heavy atom. The topological polar surface area (TPSA) is 93.8 Å². The fraction of sp³-hybridized carbons (Fsp3) is 0.464. The number of allylic oxidation sites excluding steroid dienone is 4. The van der Waals surface area contributed by atoms with Crippen LogP contribution in [-0.2, 0) is 14.3 Å². The van der Waals surface area contributed by atoms with Crippen molar-refractivity contribution in [1.82, 2.24) is 0 Å². The number of fused-ring (bicyclic) bond motifs is 1. The van der Waals surface area contributed by atoms with Crippen molar-refractivity contribution in [2.75, 3.05) is 0 Å². The first kappa shape index (κ1) is 22.6. The van der Waals surface area contributed by atoms with Gasteiger partial charge < -0.3 is 14.3 Å². The minimum absolute atomic E-state index is 0.0608. The Balaban J connectivity index is 1.85. The van der Waals surface area contributed by atoms with Crippen LogP contribution in [0.3, 0.4) is 0 Å². The molecule has 0 spiro atoms. The number of aromatic carboxylic acids is 1. The van der Waals surface area contributed by atoms with Crippen molar-refractivity contribution in [3.05, 3.63) is 57.2 Å². The lowest BCUT2D eigenvalue weighted by atomic mass is 9.65. The number of carboxylic acid groups (broad SMARTS) is 1. The summed E-state index contributed by atoms with van der Waals surface area (Å²) in [5.41, 5.74) is 2.25. The summed E-state index contributed by atoms with van der Waals surface area (Å²) in [6, 6.07) is 3.41. The molecule has 0 atom stereocenters. The highest BCUT2D eigenvalue weighted by molar-refractivity contribution is 6.08. The monoisotopic (exact) mass is 462 g/mol. The van der Waals surface area contributed by atoms with Crippen molar-refractivity contribution in [2.45, 2.75) is 73.1 Å². The van der Waals surface area contributed by atoms with Crippen LogP contribution in [0.2, 0.25) is 0 Å². The van der Waals surface area contributed by atoms with E-state index in [1.54, 1.807) is 13.0 Å². The Bertz CT molecular complexity index is 1310. The predicted octanol–water partition coefficient (Wildman–Crippen LogP) is 6.15. The van der Waals surface area contributed by atoms with E-state index in [1.165, 1.54) is 0 Å². The molecular formula is C28H30O6. The van der Waals surface area contributed by atoms with Crippen molar-refractivity contribution in [3.63, 3.8) is 0 Å². The standard InChI is InChI=1S/C28H30O6/c1-13-7-15-14(2)16(26(31)32)8-17(25(15)33-13)22-23-18(29)9-27(3,4)11-20(23)34-21-12-28(5,6)10-19(30)24(21)22/h7-8,22H,9-12H2,1-6H3,(H,31,32). The summed E-state index contributed by atoms with van der Waals surface area (Å²) in [5, 5.41) is 10.6. The normalized spacial score (nSPS) is 22.1. The molecule has 2 heterocycles. The van der Waals surface area contributed by atoms with Gasteiger partial charge in [0.15, 0.2) is 11.6 Å². The number of carboxylic acids is 1. The number of Topliss-reactive ketones (excluding diaryl/α,β-unsaturated/α-hetero) is 2. The Hall–Kier alpha value is -3.15. The van der Waals surface area contributed by atoms with Crippen molar-refractivity contribution >= 4 is 28.5 Å². The van der Waals surface area contributed by atoms with Crippen molar-refractivity contribution in [1.29, 1.82) is 0 Å². The van der Waals surface area contributed by atoms with E-state index in [2.05, 4.69) is 0 Å². The second kappa shape index (κ2) is 7.17. The molecule has 6 nitrogen and oxygen atoms in total. The van der Waals surface area contributed by atoms with E-state index in [9.17, 15) is 19.5 Å². The van der Waals surface area contributed by atoms with E-state index in [-0.39, 0.29) is 28.0 Å². The van der Waals surface area contributed by atoms with Gasteiger partial charge in [-0.25, -0.2) is 4.79 Å². The van der Waals surface area contributed by atoms with Gasteiger partial charge in [0.05, 0.1) is 11.5 Å². The Morgan fingerprint density at radius 1 is 0.912 bits per heavy atom. The maximum atomic E-state index is 13.5. The van der Waals surface area contributed by atoms with E-state index in [0.717, 1.165) is 0 Å². The second-order valence-electron chi connectivity index (χ2n) is 11.6. The Kier molecular flexibility index (Phi) is 4.78. The zero-order chi connectivity index (χ0) is 24.7. The molecule has 0 saturated heterocycles. The van der Waals surface area contributed by atoms with Crippen LogP contribution in [0.15, 0.2) is 39.2 Å². The second-order valence-corrected chi connectivity index (χ2v) is 11.6. The molecule has 0 saturated carbocycles. The number of aryl methyl sites for hydroxylation is 2. The zero-order valence-electron chi connectivity index (χ0n) is 20.5. The van der Waals surface area contributed by atoms with Gasteiger partial charge in [-0.05, 0) is 42.4 Å². The number of carbonyl (C=O) groups excluding carboxylic acids is 2. The lowest BCUT2D eigenvalue weighted by Gasteiger charge is -2.42. The van der Waals surface area contributed by atoms with Gasteiger partial charge in [0.2, 0.25) is 0 Å². The molecule has 1 aromatic carbocycles. The lowest BCUT2D eigenvalue weighted by molar-refractivity contribution is -0.120. The number of benzene rings is 1. The molecule has 34 heavy (non-hydrogen) atoms. The number of carbonyl (C=O) groups is 3. The number of hydrogen-bond donors (Lipinski definition) is 1. The first-order chi connectivity index (χ1) is 15.8. The summed E-state index contributed by atoms with van der Waals surface area (Å²) < 4.78 is 12.4.